The van der Waals surface area contributed by atoms with Crippen molar-refractivity contribution in [3.63, 3.8) is 0 Å². The molecular formula is C12H19N3. The predicted octanol–water partition coefficient (Wildman–Crippen LogP) is 2.57. The van der Waals surface area contributed by atoms with Crippen LogP contribution in [0.1, 0.15) is 31.7 Å². The second-order valence-corrected chi connectivity index (χ2v) is 4.57. The van der Waals surface area contributed by atoms with E-state index in [0.29, 0.717) is 6.04 Å². The number of anilines is 2. The van der Waals surface area contributed by atoms with E-state index in [1.807, 2.05) is 19.2 Å². The summed E-state index contributed by atoms with van der Waals surface area (Å²) in [5.74, 6) is 1.63. The van der Waals surface area contributed by atoms with Crippen molar-refractivity contribution >= 4 is 11.5 Å². The number of nitrogen functional groups attached to an aromatic ring is 1. The van der Waals surface area contributed by atoms with Crippen molar-refractivity contribution in [2.75, 3.05) is 11.1 Å². The van der Waals surface area contributed by atoms with Crippen LogP contribution in [0.5, 0.6) is 0 Å². The molecule has 1 aromatic heterocycles. The van der Waals surface area contributed by atoms with Crippen molar-refractivity contribution in [1.82, 2.24) is 4.98 Å². The van der Waals surface area contributed by atoms with Gasteiger partial charge >= 0.3 is 0 Å². The SMILES string of the molecule is Cc1cnc(NC(C)C2CCC2)c(N)c1. The van der Waals surface area contributed by atoms with Gasteiger partial charge in [-0.2, -0.15) is 0 Å². The van der Waals surface area contributed by atoms with Crippen LogP contribution in [0, 0.1) is 12.8 Å². The van der Waals surface area contributed by atoms with Crippen molar-refractivity contribution in [3.05, 3.63) is 17.8 Å². The van der Waals surface area contributed by atoms with Gasteiger partial charge in [-0.15, -0.1) is 0 Å². The van der Waals surface area contributed by atoms with E-state index in [1.165, 1.54) is 19.3 Å². The third-order valence-electron chi connectivity index (χ3n) is 3.28. The van der Waals surface area contributed by atoms with Gasteiger partial charge in [0.2, 0.25) is 0 Å². The Balaban J connectivity index is 2.03. The first-order chi connectivity index (χ1) is 7.16. The summed E-state index contributed by atoms with van der Waals surface area (Å²) in [7, 11) is 0. The van der Waals surface area contributed by atoms with Crippen LogP contribution in [-0.2, 0) is 0 Å². The van der Waals surface area contributed by atoms with Gasteiger partial charge in [-0.3, -0.25) is 0 Å². The zero-order valence-corrected chi connectivity index (χ0v) is 9.46. The van der Waals surface area contributed by atoms with Crippen molar-refractivity contribution in [1.29, 1.82) is 0 Å². The summed E-state index contributed by atoms with van der Waals surface area (Å²) in [4.78, 5) is 4.32. The molecule has 1 fully saturated rings. The van der Waals surface area contributed by atoms with Gasteiger partial charge in [0.05, 0.1) is 5.69 Å². The van der Waals surface area contributed by atoms with Gasteiger partial charge in [-0.1, -0.05) is 6.42 Å². The number of aromatic nitrogens is 1. The first kappa shape index (κ1) is 10.3. The van der Waals surface area contributed by atoms with Crippen molar-refractivity contribution in [2.24, 2.45) is 5.92 Å². The Bertz CT molecular complexity index is 345. The molecule has 0 bridgehead atoms. The van der Waals surface area contributed by atoms with Gasteiger partial charge in [0.15, 0.2) is 0 Å². The molecule has 3 heteroatoms. The molecule has 1 saturated carbocycles. The van der Waals surface area contributed by atoms with E-state index in [2.05, 4.69) is 17.2 Å². The lowest BCUT2D eigenvalue weighted by Gasteiger charge is -2.32. The molecule has 0 amide bonds. The van der Waals surface area contributed by atoms with E-state index in [-0.39, 0.29) is 0 Å². The molecule has 0 aliphatic heterocycles. The van der Waals surface area contributed by atoms with Gasteiger partial charge in [-0.25, -0.2) is 4.98 Å². The number of nitrogens with zero attached hydrogens (tertiary/aromatic N) is 1. The summed E-state index contributed by atoms with van der Waals surface area (Å²) in [6.45, 7) is 4.22. The third kappa shape index (κ3) is 2.22. The van der Waals surface area contributed by atoms with Gasteiger partial charge in [-0.05, 0) is 44.2 Å². The van der Waals surface area contributed by atoms with Crippen LogP contribution < -0.4 is 11.1 Å². The number of rotatable bonds is 3. The predicted molar refractivity (Wildman–Crippen MR) is 63.8 cm³/mol. The molecule has 1 unspecified atom stereocenters. The molecule has 82 valence electrons. The van der Waals surface area contributed by atoms with E-state index in [9.17, 15) is 0 Å². The van der Waals surface area contributed by atoms with Crippen molar-refractivity contribution in [2.45, 2.75) is 39.2 Å². The summed E-state index contributed by atoms with van der Waals surface area (Å²) in [5, 5.41) is 3.40. The number of hydrogen-bond acceptors (Lipinski definition) is 3. The topological polar surface area (TPSA) is 50.9 Å². The molecule has 1 atom stereocenters. The first-order valence-electron chi connectivity index (χ1n) is 5.65. The zero-order valence-electron chi connectivity index (χ0n) is 9.46. The molecule has 0 aromatic carbocycles. The Morgan fingerprint density at radius 3 is 2.80 bits per heavy atom. The van der Waals surface area contributed by atoms with E-state index < -0.39 is 0 Å². The molecule has 1 aliphatic rings. The number of pyridine rings is 1. The molecule has 1 heterocycles. The smallest absolute Gasteiger partial charge is 0.149 e. The maximum Gasteiger partial charge on any atom is 0.149 e. The second kappa shape index (κ2) is 4.09. The minimum absolute atomic E-state index is 0.483. The standard InChI is InChI=1S/C12H19N3/c1-8-6-11(13)12(14-7-8)15-9(2)10-4-3-5-10/h6-7,9-10H,3-5,13H2,1-2H3,(H,14,15). The molecule has 0 radical (unpaired) electrons. The molecule has 1 aromatic rings. The zero-order chi connectivity index (χ0) is 10.8. The Morgan fingerprint density at radius 2 is 2.27 bits per heavy atom. The van der Waals surface area contributed by atoms with Gasteiger partial charge in [0.25, 0.3) is 0 Å². The fraction of sp³-hybridized carbons (Fsp3) is 0.583. The molecular weight excluding hydrogens is 186 g/mol. The van der Waals surface area contributed by atoms with Crippen LogP contribution in [0.15, 0.2) is 12.3 Å². The molecule has 1 aliphatic carbocycles. The molecule has 3 N–H and O–H groups in total. The average Bonchev–Trinajstić information content (AvgIpc) is 2.07. The Morgan fingerprint density at radius 1 is 1.53 bits per heavy atom. The molecule has 2 rings (SSSR count). The van der Waals surface area contributed by atoms with Gasteiger partial charge < -0.3 is 11.1 Å². The fourth-order valence-corrected chi connectivity index (χ4v) is 1.99. The van der Waals surface area contributed by atoms with Crippen LogP contribution >= 0.6 is 0 Å². The number of aryl methyl sites for hydroxylation is 1. The highest BCUT2D eigenvalue weighted by atomic mass is 15.0. The van der Waals surface area contributed by atoms with E-state index >= 15 is 0 Å². The quantitative estimate of drug-likeness (QED) is 0.797. The highest BCUT2D eigenvalue weighted by molar-refractivity contribution is 5.62. The maximum absolute atomic E-state index is 5.90. The van der Waals surface area contributed by atoms with E-state index in [4.69, 9.17) is 5.73 Å². The normalized spacial score (nSPS) is 18.3. The Hall–Kier alpha value is -1.25. The lowest BCUT2D eigenvalue weighted by Crippen LogP contribution is -2.31. The minimum Gasteiger partial charge on any atom is -0.396 e. The van der Waals surface area contributed by atoms with Crippen LogP contribution in [0.25, 0.3) is 0 Å². The lowest BCUT2D eigenvalue weighted by molar-refractivity contribution is 0.285. The highest BCUT2D eigenvalue weighted by Crippen LogP contribution is 2.31. The molecule has 0 saturated heterocycles. The molecule has 3 nitrogen and oxygen atoms in total. The van der Waals surface area contributed by atoms with E-state index in [0.717, 1.165) is 23.0 Å². The van der Waals surface area contributed by atoms with Crippen LogP contribution in [0.3, 0.4) is 0 Å². The highest BCUT2D eigenvalue weighted by Gasteiger charge is 2.24. The van der Waals surface area contributed by atoms with Crippen LogP contribution in [-0.4, -0.2) is 11.0 Å². The maximum atomic E-state index is 5.90. The third-order valence-corrected chi connectivity index (χ3v) is 3.28. The summed E-state index contributed by atoms with van der Waals surface area (Å²) in [6, 6.07) is 2.44. The summed E-state index contributed by atoms with van der Waals surface area (Å²) in [6.07, 6.45) is 5.89. The number of hydrogen-bond donors (Lipinski definition) is 2. The largest absolute Gasteiger partial charge is 0.396 e. The first-order valence-corrected chi connectivity index (χ1v) is 5.65. The molecule has 0 spiro atoms. The fourth-order valence-electron chi connectivity index (χ4n) is 1.99. The van der Waals surface area contributed by atoms with Crippen molar-refractivity contribution in [3.8, 4) is 0 Å². The average molecular weight is 205 g/mol. The summed E-state index contributed by atoms with van der Waals surface area (Å²) < 4.78 is 0. The van der Waals surface area contributed by atoms with Crippen LogP contribution in [0.4, 0.5) is 11.5 Å². The monoisotopic (exact) mass is 205 g/mol. The second-order valence-electron chi connectivity index (χ2n) is 4.57. The Labute approximate surface area is 91.1 Å². The van der Waals surface area contributed by atoms with Gasteiger partial charge in [0.1, 0.15) is 5.82 Å². The number of nitrogens with one attached hydrogen (secondary N) is 1. The van der Waals surface area contributed by atoms with E-state index in [1.54, 1.807) is 0 Å². The molecule has 15 heavy (non-hydrogen) atoms. The number of nitrogens with two attached hydrogens (primary N) is 1. The van der Waals surface area contributed by atoms with Crippen molar-refractivity contribution < 1.29 is 0 Å². The summed E-state index contributed by atoms with van der Waals surface area (Å²) >= 11 is 0. The summed E-state index contributed by atoms with van der Waals surface area (Å²) in [5.41, 5.74) is 7.76. The minimum atomic E-state index is 0.483. The Kier molecular flexibility index (Phi) is 2.80. The van der Waals surface area contributed by atoms with Crippen LogP contribution in [0.2, 0.25) is 0 Å². The lowest BCUT2D eigenvalue weighted by atomic mass is 9.80. The van der Waals surface area contributed by atoms with Gasteiger partial charge in [0, 0.05) is 12.2 Å².